The van der Waals surface area contributed by atoms with E-state index in [-0.39, 0.29) is 29.0 Å². The number of aromatic nitrogens is 3. The minimum atomic E-state index is -0.284. The summed E-state index contributed by atoms with van der Waals surface area (Å²) >= 11 is 13.3. The van der Waals surface area contributed by atoms with Crippen LogP contribution >= 0.6 is 35.0 Å². The molecule has 0 saturated carbocycles. The molecule has 0 aliphatic rings. The molecule has 172 valence electrons. The molecule has 2 N–H and O–H groups in total. The number of carbonyl (C=O) groups is 2. The minimum Gasteiger partial charge on any atom is -0.495 e. The van der Waals surface area contributed by atoms with Crippen LogP contribution in [0, 0.1) is 0 Å². The number of halogens is 2. The third-order valence-electron chi connectivity index (χ3n) is 4.36. The summed E-state index contributed by atoms with van der Waals surface area (Å²) in [6, 6.07) is 12.1. The van der Waals surface area contributed by atoms with Gasteiger partial charge < -0.3 is 19.9 Å². The molecule has 1 aromatic heterocycles. The van der Waals surface area contributed by atoms with Crippen molar-refractivity contribution in [3.8, 4) is 5.75 Å². The zero-order valence-electron chi connectivity index (χ0n) is 17.7. The number of nitrogens with zero attached hydrogens (tertiary/aromatic N) is 3. The molecular weight excluding hydrogens is 485 g/mol. The lowest BCUT2D eigenvalue weighted by molar-refractivity contribution is -0.116. The number of methoxy groups -OCH3 is 1. The molecule has 0 aliphatic carbocycles. The van der Waals surface area contributed by atoms with Crippen LogP contribution in [0.3, 0.4) is 0 Å². The van der Waals surface area contributed by atoms with Gasteiger partial charge in [0.25, 0.3) is 0 Å². The third kappa shape index (κ3) is 6.50. The van der Waals surface area contributed by atoms with Crippen molar-refractivity contribution in [2.45, 2.75) is 18.1 Å². The summed E-state index contributed by atoms with van der Waals surface area (Å²) in [4.78, 5) is 25.0. The molecule has 0 aliphatic heterocycles. The highest BCUT2D eigenvalue weighted by molar-refractivity contribution is 7.99. The van der Waals surface area contributed by atoms with Gasteiger partial charge in [-0.15, -0.1) is 16.8 Å². The van der Waals surface area contributed by atoms with E-state index in [1.165, 1.54) is 18.9 Å². The van der Waals surface area contributed by atoms with E-state index in [0.29, 0.717) is 39.7 Å². The van der Waals surface area contributed by atoms with Crippen LogP contribution in [0.15, 0.2) is 60.3 Å². The van der Waals surface area contributed by atoms with Crippen LogP contribution < -0.4 is 15.4 Å². The number of amides is 2. The number of carbonyl (C=O) groups excluding carboxylic acids is 2. The quantitative estimate of drug-likeness (QED) is 0.306. The minimum absolute atomic E-state index is 0.0102. The highest BCUT2D eigenvalue weighted by Gasteiger charge is 2.17. The predicted octanol–water partition coefficient (Wildman–Crippen LogP) is 4.69. The molecule has 0 atom stereocenters. The molecular formula is C22H21Cl2N5O3S. The molecule has 0 fully saturated rings. The first-order chi connectivity index (χ1) is 15.9. The first-order valence-electron chi connectivity index (χ1n) is 9.75. The Hall–Kier alpha value is -3.01. The first-order valence-corrected chi connectivity index (χ1v) is 11.5. The van der Waals surface area contributed by atoms with E-state index in [2.05, 4.69) is 27.4 Å². The lowest BCUT2D eigenvalue weighted by Crippen LogP contribution is -2.18. The van der Waals surface area contributed by atoms with E-state index < -0.39 is 0 Å². The van der Waals surface area contributed by atoms with Crippen molar-refractivity contribution in [1.29, 1.82) is 0 Å². The van der Waals surface area contributed by atoms with Crippen molar-refractivity contribution in [2.75, 3.05) is 23.5 Å². The molecule has 11 heteroatoms. The van der Waals surface area contributed by atoms with Gasteiger partial charge in [0.1, 0.15) is 11.6 Å². The number of hydrogen-bond donors (Lipinski definition) is 2. The van der Waals surface area contributed by atoms with E-state index in [1.54, 1.807) is 47.0 Å². The van der Waals surface area contributed by atoms with E-state index in [1.807, 2.05) is 6.07 Å². The number of rotatable bonds is 10. The van der Waals surface area contributed by atoms with Crippen LogP contribution in [0.25, 0.3) is 0 Å². The fourth-order valence-corrected chi connectivity index (χ4v) is 3.99. The standard InChI is InChI=1S/C22H21Cl2N5O3S/c1-3-11-29-18(12-19(30)25-15-8-4-5-10-17(15)32-2)27-28-22(29)33-13-20(31)26-16-9-6-7-14(23)21(16)24/h3-10H,1,11-13H2,2H3,(H,25,30)(H,26,31). The van der Waals surface area contributed by atoms with Crippen molar-refractivity contribution in [2.24, 2.45) is 0 Å². The summed E-state index contributed by atoms with van der Waals surface area (Å²) < 4.78 is 6.99. The molecule has 2 amide bonds. The van der Waals surface area contributed by atoms with Crippen molar-refractivity contribution in [3.63, 3.8) is 0 Å². The van der Waals surface area contributed by atoms with Crippen LogP contribution in [0.1, 0.15) is 5.82 Å². The molecule has 2 aromatic carbocycles. The zero-order chi connectivity index (χ0) is 23.8. The predicted molar refractivity (Wildman–Crippen MR) is 131 cm³/mol. The maximum absolute atomic E-state index is 12.6. The van der Waals surface area contributed by atoms with Crippen LogP contribution in [-0.2, 0) is 22.6 Å². The Morgan fingerprint density at radius 2 is 1.82 bits per heavy atom. The average Bonchev–Trinajstić information content (AvgIpc) is 3.17. The van der Waals surface area contributed by atoms with Crippen LogP contribution in [-0.4, -0.2) is 39.4 Å². The van der Waals surface area contributed by atoms with Crippen molar-refractivity contribution >= 4 is 58.2 Å². The number of para-hydroxylation sites is 2. The van der Waals surface area contributed by atoms with Gasteiger partial charge in [-0.1, -0.05) is 59.2 Å². The van der Waals surface area contributed by atoms with Crippen LogP contribution in [0.2, 0.25) is 10.0 Å². The monoisotopic (exact) mass is 505 g/mol. The maximum atomic E-state index is 12.6. The molecule has 0 bridgehead atoms. The van der Waals surface area contributed by atoms with Gasteiger partial charge in [0.2, 0.25) is 11.8 Å². The summed E-state index contributed by atoms with van der Waals surface area (Å²) in [6.07, 6.45) is 1.66. The van der Waals surface area contributed by atoms with Gasteiger partial charge in [-0.25, -0.2) is 0 Å². The van der Waals surface area contributed by atoms with Gasteiger partial charge in [-0.05, 0) is 24.3 Å². The Balaban J connectivity index is 1.65. The van der Waals surface area contributed by atoms with Gasteiger partial charge in [-0.2, -0.15) is 0 Å². The second-order valence-corrected chi connectivity index (χ2v) is 8.39. The maximum Gasteiger partial charge on any atom is 0.234 e. The Morgan fingerprint density at radius 3 is 2.58 bits per heavy atom. The molecule has 3 rings (SSSR count). The summed E-state index contributed by atoms with van der Waals surface area (Å²) in [5, 5.41) is 14.9. The Kier molecular flexibility index (Phi) is 8.76. The second-order valence-electron chi connectivity index (χ2n) is 6.66. The number of allylic oxidation sites excluding steroid dienone is 1. The number of anilines is 2. The van der Waals surface area contributed by atoms with E-state index in [4.69, 9.17) is 27.9 Å². The zero-order valence-corrected chi connectivity index (χ0v) is 20.0. The van der Waals surface area contributed by atoms with Gasteiger partial charge in [0.15, 0.2) is 5.16 Å². The second kappa shape index (κ2) is 11.7. The van der Waals surface area contributed by atoms with E-state index in [9.17, 15) is 9.59 Å². The smallest absolute Gasteiger partial charge is 0.234 e. The highest BCUT2D eigenvalue weighted by atomic mass is 35.5. The Morgan fingerprint density at radius 1 is 1.09 bits per heavy atom. The topological polar surface area (TPSA) is 98.1 Å². The van der Waals surface area contributed by atoms with Crippen LogP contribution in [0.4, 0.5) is 11.4 Å². The summed E-state index contributed by atoms with van der Waals surface area (Å²) in [6.45, 7) is 4.13. The fourth-order valence-electron chi connectivity index (χ4n) is 2.87. The van der Waals surface area contributed by atoms with Crippen molar-refractivity contribution in [1.82, 2.24) is 14.8 Å². The largest absolute Gasteiger partial charge is 0.495 e. The fraction of sp³-hybridized carbons (Fsp3) is 0.182. The van der Waals surface area contributed by atoms with Gasteiger partial charge in [-0.3, -0.25) is 9.59 Å². The number of benzene rings is 2. The number of hydrogen-bond acceptors (Lipinski definition) is 6. The van der Waals surface area contributed by atoms with E-state index in [0.717, 1.165) is 0 Å². The average molecular weight is 506 g/mol. The summed E-state index contributed by atoms with van der Waals surface area (Å²) in [5.74, 6) is 0.504. The summed E-state index contributed by atoms with van der Waals surface area (Å²) in [5.41, 5.74) is 0.988. The number of thioether (sulfide) groups is 1. The van der Waals surface area contributed by atoms with Gasteiger partial charge in [0, 0.05) is 6.54 Å². The van der Waals surface area contributed by atoms with Crippen LogP contribution in [0.5, 0.6) is 5.75 Å². The normalized spacial score (nSPS) is 10.5. The lowest BCUT2D eigenvalue weighted by atomic mass is 10.2. The molecule has 0 unspecified atom stereocenters. The number of ether oxygens (including phenoxy) is 1. The van der Waals surface area contributed by atoms with E-state index >= 15 is 0 Å². The Labute approximate surface area is 205 Å². The molecule has 1 heterocycles. The third-order valence-corrected chi connectivity index (χ3v) is 6.15. The van der Waals surface area contributed by atoms with Gasteiger partial charge >= 0.3 is 0 Å². The molecule has 0 spiro atoms. The SMILES string of the molecule is C=CCn1c(CC(=O)Nc2ccccc2OC)nnc1SCC(=O)Nc1cccc(Cl)c1Cl. The summed E-state index contributed by atoms with van der Waals surface area (Å²) in [7, 11) is 1.53. The molecule has 8 nitrogen and oxygen atoms in total. The lowest BCUT2D eigenvalue weighted by Gasteiger charge is -2.11. The van der Waals surface area contributed by atoms with Crippen molar-refractivity contribution in [3.05, 3.63) is 71.0 Å². The van der Waals surface area contributed by atoms with Crippen molar-refractivity contribution < 1.29 is 14.3 Å². The Bertz CT molecular complexity index is 1170. The highest BCUT2D eigenvalue weighted by Crippen LogP contribution is 2.30. The van der Waals surface area contributed by atoms with Gasteiger partial charge in [0.05, 0.1) is 40.7 Å². The molecule has 33 heavy (non-hydrogen) atoms. The first kappa shape index (κ1) is 24.6. The molecule has 0 saturated heterocycles. The molecule has 3 aromatic rings. The molecule has 0 radical (unpaired) electrons. The number of nitrogens with one attached hydrogen (secondary N) is 2.